The fourth-order valence-electron chi connectivity index (χ4n) is 2.85. The number of alkyl halides is 1. The Bertz CT molecular complexity index is 355. The Morgan fingerprint density at radius 2 is 1.56 bits per heavy atom. The van der Waals surface area contributed by atoms with Crippen molar-refractivity contribution in [1.82, 2.24) is 8.61 Å². The zero-order valence-electron chi connectivity index (χ0n) is 10.9. The average Bonchev–Trinajstić information content (AvgIpc) is 2.65. The maximum Gasteiger partial charge on any atom is 0.282 e. The molecule has 0 bridgehead atoms. The third-order valence-corrected chi connectivity index (χ3v) is 6.39. The van der Waals surface area contributed by atoms with Gasteiger partial charge in [-0.05, 0) is 25.7 Å². The molecular formula is C12H23ClN2O2S. The van der Waals surface area contributed by atoms with Crippen LogP contribution in [0.3, 0.4) is 0 Å². The molecule has 4 nitrogen and oxygen atoms in total. The summed E-state index contributed by atoms with van der Waals surface area (Å²) in [6.07, 6.45) is 7.17. The third-order valence-electron chi connectivity index (χ3n) is 3.94. The van der Waals surface area contributed by atoms with E-state index >= 15 is 0 Å². The molecular weight excluding hydrogens is 272 g/mol. The molecule has 0 radical (unpaired) electrons. The number of nitrogens with zero attached hydrogens (tertiary/aromatic N) is 2. The summed E-state index contributed by atoms with van der Waals surface area (Å²) in [5, 5.41) is 0. The van der Waals surface area contributed by atoms with Crippen LogP contribution in [0.15, 0.2) is 0 Å². The molecule has 0 aromatic carbocycles. The molecule has 0 amide bonds. The lowest BCUT2D eigenvalue weighted by Gasteiger charge is -2.35. The summed E-state index contributed by atoms with van der Waals surface area (Å²) < 4.78 is 28.6. The van der Waals surface area contributed by atoms with Gasteiger partial charge in [0.25, 0.3) is 10.2 Å². The van der Waals surface area contributed by atoms with Crippen molar-refractivity contribution in [2.24, 2.45) is 0 Å². The molecule has 0 N–H and O–H groups in total. The van der Waals surface area contributed by atoms with E-state index in [2.05, 4.69) is 0 Å². The SMILES string of the molecule is O=S(=O)(N1CCCCC1)N1CCCCCC1CCl. The van der Waals surface area contributed by atoms with Gasteiger partial charge in [-0.2, -0.15) is 17.0 Å². The largest absolute Gasteiger partial charge is 0.282 e. The van der Waals surface area contributed by atoms with Gasteiger partial charge in [-0.3, -0.25) is 0 Å². The number of hydrogen-bond acceptors (Lipinski definition) is 2. The van der Waals surface area contributed by atoms with Crippen molar-refractivity contribution in [3.8, 4) is 0 Å². The summed E-state index contributed by atoms with van der Waals surface area (Å²) in [7, 11) is -3.29. The Balaban J connectivity index is 2.14. The second-order valence-corrected chi connectivity index (χ2v) is 7.43. The molecule has 0 aliphatic carbocycles. The van der Waals surface area contributed by atoms with Crippen molar-refractivity contribution in [1.29, 1.82) is 0 Å². The number of hydrogen-bond donors (Lipinski definition) is 0. The van der Waals surface area contributed by atoms with Crippen LogP contribution in [0.5, 0.6) is 0 Å². The molecule has 2 heterocycles. The smallest absolute Gasteiger partial charge is 0.195 e. The standard InChI is InChI=1S/C12H23ClN2O2S/c13-11-12-7-3-1-6-10-15(12)18(16,17)14-8-4-2-5-9-14/h12H,1-11H2. The second-order valence-electron chi connectivity index (χ2n) is 5.24. The van der Waals surface area contributed by atoms with Crippen molar-refractivity contribution in [3.05, 3.63) is 0 Å². The predicted octanol–water partition coefficient (Wildman–Crippen LogP) is 2.20. The minimum atomic E-state index is -3.29. The van der Waals surface area contributed by atoms with E-state index in [1.165, 1.54) is 0 Å². The highest BCUT2D eigenvalue weighted by Gasteiger charge is 2.35. The highest BCUT2D eigenvalue weighted by molar-refractivity contribution is 7.86. The number of piperidine rings is 1. The summed E-state index contributed by atoms with van der Waals surface area (Å²) in [5.74, 6) is 0.410. The Hall–Kier alpha value is 0.160. The Morgan fingerprint density at radius 1 is 0.944 bits per heavy atom. The first-order chi connectivity index (χ1) is 8.66. The zero-order valence-corrected chi connectivity index (χ0v) is 12.4. The lowest BCUT2D eigenvalue weighted by atomic mass is 10.1. The summed E-state index contributed by atoms with van der Waals surface area (Å²) in [6, 6.07) is -0.0129. The van der Waals surface area contributed by atoms with Crippen LogP contribution in [-0.2, 0) is 10.2 Å². The van der Waals surface area contributed by atoms with E-state index in [9.17, 15) is 8.42 Å². The van der Waals surface area contributed by atoms with Gasteiger partial charge < -0.3 is 0 Å². The predicted molar refractivity (Wildman–Crippen MR) is 74.0 cm³/mol. The minimum Gasteiger partial charge on any atom is -0.195 e. The van der Waals surface area contributed by atoms with Crippen LogP contribution < -0.4 is 0 Å². The molecule has 106 valence electrons. The lowest BCUT2D eigenvalue weighted by Crippen LogP contribution is -2.50. The highest BCUT2D eigenvalue weighted by atomic mass is 35.5. The van der Waals surface area contributed by atoms with Crippen molar-refractivity contribution in [3.63, 3.8) is 0 Å². The Labute approximate surface area is 115 Å². The van der Waals surface area contributed by atoms with E-state index in [0.29, 0.717) is 25.5 Å². The van der Waals surface area contributed by atoms with Crippen molar-refractivity contribution in [2.75, 3.05) is 25.5 Å². The first-order valence-electron chi connectivity index (χ1n) is 6.99. The third kappa shape index (κ3) is 3.18. The molecule has 0 saturated carbocycles. The first kappa shape index (κ1) is 14.6. The van der Waals surface area contributed by atoms with Gasteiger partial charge in [0.15, 0.2) is 0 Å². The Kier molecular flexibility index (Phi) is 5.30. The molecule has 0 aromatic heterocycles. The second kappa shape index (κ2) is 6.55. The van der Waals surface area contributed by atoms with E-state index in [-0.39, 0.29) is 6.04 Å². The van der Waals surface area contributed by atoms with Crippen LogP contribution in [-0.4, -0.2) is 48.6 Å². The molecule has 1 atom stereocenters. The van der Waals surface area contributed by atoms with Gasteiger partial charge in [0.1, 0.15) is 0 Å². The quantitative estimate of drug-likeness (QED) is 0.749. The van der Waals surface area contributed by atoms with Crippen LogP contribution >= 0.6 is 11.6 Å². The van der Waals surface area contributed by atoms with Crippen molar-refractivity contribution >= 4 is 21.8 Å². The number of rotatable bonds is 3. The highest BCUT2D eigenvalue weighted by Crippen LogP contribution is 2.24. The molecule has 2 fully saturated rings. The van der Waals surface area contributed by atoms with Crippen molar-refractivity contribution < 1.29 is 8.42 Å². The monoisotopic (exact) mass is 294 g/mol. The van der Waals surface area contributed by atoms with Gasteiger partial charge >= 0.3 is 0 Å². The van der Waals surface area contributed by atoms with Gasteiger partial charge in [-0.25, -0.2) is 0 Å². The van der Waals surface area contributed by atoms with E-state index in [0.717, 1.165) is 44.9 Å². The molecule has 1 unspecified atom stereocenters. The van der Waals surface area contributed by atoms with Gasteiger partial charge in [0, 0.05) is 31.6 Å². The fourth-order valence-corrected chi connectivity index (χ4v) is 5.19. The fraction of sp³-hybridized carbons (Fsp3) is 1.00. The molecule has 0 aromatic rings. The van der Waals surface area contributed by atoms with Gasteiger partial charge in [-0.15, -0.1) is 11.6 Å². The van der Waals surface area contributed by atoms with Crippen LogP contribution in [0.4, 0.5) is 0 Å². The molecule has 2 saturated heterocycles. The normalized spacial score (nSPS) is 29.1. The van der Waals surface area contributed by atoms with Crippen LogP contribution in [0, 0.1) is 0 Å². The zero-order chi connectivity index (χ0) is 13.0. The van der Waals surface area contributed by atoms with E-state index in [1.807, 2.05) is 0 Å². The summed E-state index contributed by atoms with van der Waals surface area (Å²) >= 11 is 5.97. The molecule has 18 heavy (non-hydrogen) atoms. The van der Waals surface area contributed by atoms with Gasteiger partial charge in [0.05, 0.1) is 0 Å². The first-order valence-corrected chi connectivity index (χ1v) is 8.92. The van der Waals surface area contributed by atoms with Crippen LogP contribution in [0.1, 0.15) is 44.9 Å². The summed E-state index contributed by atoms with van der Waals surface area (Å²) in [6.45, 7) is 1.98. The van der Waals surface area contributed by atoms with Crippen LogP contribution in [0.25, 0.3) is 0 Å². The van der Waals surface area contributed by atoms with E-state index in [1.54, 1.807) is 8.61 Å². The van der Waals surface area contributed by atoms with Crippen LogP contribution in [0.2, 0.25) is 0 Å². The summed E-state index contributed by atoms with van der Waals surface area (Å²) in [4.78, 5) is 0. The van der Waals surface area contributed by atoms with Crippen molar-refractivity contribution in [2.45, 2.75) is 51.0 Å². The molecule has 6 heteroatoms. The topological polar surface area (TPSA) is 40.6 Å². The molecule has 2 aliphatic heterocycles. The maximum atomic E-state index is 12.7. The molecule has 2 aliphatic rings. The molecule has 2 rings (SSSR count). The average molecular weight is 295 g/mol. The molecule has 0 spiro atoms. The van der Waals surface area contributed by atoms with Gasteiger partial charge in [0.2, 0.25) is 0 Å². The lowest BCUT2D eigenvalue weighted by molar-refractivity contribution is 0.277. The van der Waals surface area contributed by atoms with Gasteiger partial charge in [-0.1, -0.05) is 19.3 Å². The minimum absolute atomic E-state index is 0.0129. The van der Waals surface area contributed by atoms with E-state index < -0.39 is 10.2 Å². The van der Waals surface area contributed by atoms with E-state index in [4.69, 9.17) is 11.6 Å². The summed E-state index contributed by atoms with van der Waals surface area (Å²) in [5.41, 5.74) is 0. The number of halogens is 1. The maximum absolute atomic E-state index is 12.7. The Morgan fingerprint density at radius 3 is 2.22 bits per heavy atom.